The van der Waals surface area contributed by atoms with E-state index in [4.69, 9.17) is 9.97 Å². The Morgan fingerprint density at radius 3 is 1.30 bits per heavy atom. The van der Waals surface area contributed by atoms with Crippen LogP contribution < -0.4 is 10.2 Å². The Labute approximate surface area is 413 Å². The van der Waals surface area contributed by atoms with Gasteiger partial charge in [0.05, 0.1) is 29.4 Å². The lowest BCUT2D eigenvalue weighted by molar-refractivity contribution is 1.10. The molecule has 0 aliphatic carbocycles. The van der Waals surface area contributed by atoms with Crippen LogP contribution in [-0.2, 0) is 0 Å². The zero-order chi connectivity index (χ0) is 47.1. The topological polar surface area (TPSA) is 41.0 Å². The van der Waals surface area contributed by atoms with Crippen LogP contribution in [0.15, 0.2) is 261 Å². The predicted octanol–water partition coefficient (Wildman–Crippen LogP) is 17.6. The number of fused-ring (bicyclic) bond motifs is 3. The van der Waals surface area contributed by atoms with Crippen LogP contribution in [0.4, 0.5) is 17.1 Å². The largest absolute Gasteiger partial charge is 0.366 e. The summed E-state index contributed by atoms with van der Waals surface area (Å²) in [6.45, 7) is 0.747. The third-order valence-electron chi connectivity index (χ3n) is 14.0. The molecule has 0 fully saturated rings. The van der Waals surface area contributed by atoms with Crippen molar-refractivity contribution in [2.75, 3.05) is 16.9 Å². The van der Waals surface area contributed by atoms with Gasteiger partial charge < -0.3 is 10.2 Å². The van der Waals surface area contributed by atoms with Crippen molar-refractivity contribution in [2.45, 2.75) is 0 Å². The van der Waals surface area contributed by atoms with Crippen LogP contribution in [0.25, 0.3) is 111 Å². The van der Waals surface area contributed by atoms with E-state index >= 15 is 0 Å². The fourth-order valence-electron chi connectivity index (χ4n) is 10.3. The Hall–Kier alpha value is -9.38. The lowest BCUT2D eigenvalue weighted by Gasteiger charge is -2.20. The zero-order valence-electron chi connectivity index (χ0n) is 38.9. The molecule has 0 amide bonds. The Balaban J connectivity index is 0.894. The number of anilines is 3. The van der Waals surface area contributed by atoms with Gasteiger partial charge in [-0.1, -0.05) is 231 Å². The lowest BCUT2D eigenvalue weighted by atomic mass is 9.83. The Morgan fingerprint density at radius 1 is 0.324 bits per heavy atom. The average Bonchev–Trinajstić information content (AvgIpc) is 3.89. The molecule has 0 radical (unpaired) electrons. The second kappa shape index (κ2) is 17.9. The van der Waals surface area contributed by atoms with Crippen LogP contribution in [0.2, 0.25) is 0 Å². The summed E-state index contributed by atoms with van der Waals surface area (Å²) in [7, 11) is 0. The van der Waals surface area contributed by atoms with Gasteiger partial charge in [-0.25, -0.2) is 9.97 Å². The summed E-state index contributed by atoms with van der Waals surface area (Å²) in [6, 6.07) is 93.6. The molecule has 13 rings (SSSR count). The lowest BCUT2D eigenvalue weighted by Crippen LogP contribution is -2.15. The summed E-state index contributed by atoms with van der Waals surface area (Å²) in [5, 5.41) is 8.46. The van der Waals surface area contributed by atoms with Crippen molar-refractivity contribution in [2.24, 2.45) is 0 Å². The molecule has 0 saturated heterocycles. The number of nitrogens with one attached hydrogen (secondary N) is 1. The first-order valence-corrected chi connectivity index (χ1v) is 24.2. The summed E-state index contributed by atoms with van der Waals surface area (Å²) in [4.78, 5) is 12.6. The van der Waals surface area contributed by atoms with Gasteiger partial charge in [-0.05, 0) is 108 Å². The van der Waals surface area contributed by atoms with Crippen molar-refractivity contribution in [3.8, 4) is 89.5 Å². The summed E-state index contributed by atoms with van der Waals surface area (Å²) in [5.74, 6) is 0.696. The number of aromatic nitrogens is 2. The molecule has 0 spiro atoms. The molecule has 11 aromatic carbocycles. The van der Waals surface area contributed by atoms with E-state index in [1.54, 1.807) is 0 Å². The molecule has 1 aliphatic rings. The number of nitrogens with zero attached hydrogens (tertiary/aromatic N) is 3. The molecule has 12 aromatic rings. The second-order valence-corrected chi connectivity index (χ2v) is 18.2. The maximum Gasteiger partial charge on any atom is 0.160 e. The Bertz CT molecular complexity index is 3890. The number of rotatable bonds is 9. The van der Waals surface area contributed by atoms with Crippen LogP contribution in [-0.4, -0.2) is 16.6 Å². The molecule has 0 unspecified atom stereocenters. The van der Waals surface area contributed by atoms with Crippen LogP contribution in [0.5, 0.6) is 0 Å². The molecular weight excluding hydrogens is 861 g/mol. The second-order valence-electron chi connectivity index (χ2n) is 18.2. The van der Waals surface area contributed by atoms with Gasteiger partial charge in [-0.3, -0.25) is 0 Å². The predicted molar refractivity (Wildman–Crippen MR) is 298 cm³/mol. The van der Waals surface area contributed by atoms with Gasteiger partial charge in [-0.15, -0.1) is 0 Å². The molecule has 0 saturated carbocycles. The zero-order valence-corrected chi connectivity index (χ0v) is 38.9. The molecule has 2 heterocycles. The first-order valence-electron chi connectivity index (χ1n) is 24.2. The minimum Gasteiger partial charge on any atom is -0.366 e. The van der Waals surface area contributed by atoms with Gasteiger partial charge in [0.2, 0.25) is 0 Å². The Kier molecular flexibility index (Phi) is 10.6. The van der Waals surface area contributed by atoms with Crippen molar-refractivity contribution < 1.29 is 0 Å². The fourth-order valence-corrected chi connectivity index (χ4v) is 10.3. The van der Waals surface area contributed by atoms with Crippen LogP contribution in [0.3, 0.4) is 0 Å². The first-order chi connectivity index (χ1) is 35.2. The fraction of sp³-hybridized carbons (Fsp3) is 0.0149. The quantitative estimate of drug-likeness (QED) is 0.157. The molecule has 71 heavy (non-hydrogen) atoms. The van der Waals surface area contributed by atoms with E-state index in [1.807, 2.05) is 24.3 Å². The minimum absolute atomic E-state index is 0.696. The molecule has 0 atom stereocenters. The monoisotopic (exact) mass is 906 g/mol. The summed E-state index contributed by atoms with van der Waals surface area (Å²) >= 11 is 0. The van der Waals surface area contributed by atoms with Gasteiger partial charge in [-0.2, -0.15) is 0 Å². The van der Waals surface area contributed by atoms with Crippen molar-refractivity contribution in [3.63, 3.8) is 0 Å². The van der Waals surface area contributed by atoms with Gasteiger partial charge >= 0.3 is 0 Å². The maximum atomic E-state index is 5.19. The number of hydrogen-bond acceptors (Lipinski definition) is 4. The number of benzene rings is 11. The van der Waals surface area contributed by atoms with E-state index in [0.29, 0.717) is 5.82 Å². The van der Waals surface area contributed by atoms with E-state index in [2.05, 4.69) is 247 Å². The van der Waals surface area contributed by atoms with Crippen molar-refractivity contribution >= 4 is 38.6 Å². The highest BCUT2D eigenvalue weighted by atomic mass is 15.3. The molecule has 334 valence electrons. The molecule has 1 aliphatic heterocycles. The highest BCUT2D eigenvalue weighted by Gasteiger charge is 2.22. The molecule has 4 nitrogen and oxygen atoms in total. The van der Waals surface area contributed by atoms with Gasteiger partial charge in [0.15, 0.2) is 5.82 Å². The molecule has 1 N–H and O–H groups in total. The van der Waals surface area contributed by atoms with Crippen LogP contribution >= 0.6 is 0 Å². The van der Waals surface area contributed by atoms with E-state index in [1.165, 1.54) is 83.0 Å². The minimum atomic E-state index is 0.696. The highest BCUT2D eigenvalue weighted by Crippen LogP contribution is 2.47. The third kappa shape index (κ3) is 7.88. The first kappa shape index (κ1) is 41.8. The van der Waals surface area contributed by atoms with Gasteiger partial charge in [0.1, 0.15) is 0 Å². The van der Waals surface area contributed by atoms with Crippen LogP contribution in [0, 0.1) is 0 Å². The standard InChI is InChI=1S/C67H46N4/c1-4-14-45(15-5-1)46-26-32-52(33-27-46)61-43-62(70-67(69-61)54-18-6-2-7-19-54)53-34-30-51(31-35-53)60-40-37-49-17-11-13-23-58(49)66(60)65-57-22-12-10-16-48(57)36-39-59(65)50-28-24-47(25-29-50)55-38-41-64-63(42-55)68-44-71(64)56-20-8-3-9-21-56/h1-43,68H,44H2. The third-order valence-corrected chi connectivity index (χ3v) is 14.0. The van der Waals surface area contributed by atoms with Crippen LogP contribution in [0.1, 0.15) is 0 Å². The molecular formula is C67H46N4. The van der Waals surface area contributed by atoms with Crippen molar-refractivity contribution in [3.05, 3.63) is 261 Å². The number of para-hydroxylation sites is 1. The van der Waals surface area contributed by atoms with E-state index < -0.39 is 0 Å². The Morgan fingerprint density at radius 2 is 0.746 bits per heavy atom. The highest BCUT2D eigenvalue weighted by molar-refractivity contribution is 6.15. The van der Waals surface area contributed by atoms with E-state index in [9.17, 15) is 0 Å². The summed E-state index contributed by atoms with van der Waals surface area (Å²) in [5.41, 5.74) is 20.1. The number of hydrogen-bond donors (Lipinski definition) is 1. The molecule has 0 bridgehead atoms. The maximum absolute atomic E-state index is 5.19. The molecule has 4 heteroatoms. The smallest absolute Gasteiger partial charge is 0.160 e. The summed E-state index contributed by atoms with van der Waals surface area (Å²) in [6.07, 6.45) is 0. The van der Waals surface area contributed by atoms with Crippen molar-refractivity contribution in [1.82, 2.24) is 9.97 Å². The average molecular weight is 907 g/mol. The summed E-state index contributed by atoms with van der Waals surface area (Å²) < 4.78 is 0. The van der Waals surface area contributed by atoms with Crippen molar-refractivity contribution in [1.29, 1.82) is 0 Å². The van der Waals surface area contributed by atoms with Gasteiger partial charge in [0, 0.05) is 22.4 Å². The molecule has 1 aromatic heterocycles. The van der Waals surface area contributed by atoms with E-state index in [0.717, 1.165) is 46.0 Å². The SMILES string of the molecule is c1ccc(-c2ccc(-c3cc(-c4ccc(-c5ccc6ccccc6c5-c5c(-c6ccc(-c7ccc8c(c7)NCN8c7ccccc7)cc6)ccc6ccccc56)cc4)nc(-c4ccccc4)n3)cc2)cc1. The normalized spacial score (nSPS) is 12.0. The van der Waals surface area contributed by atoms with Gasteiger partial charge in [0.25, 0.3) is 0 Å². The van der Waals surface area contributed by atoms with E-state index in [-0.39, 0.29) is 0 Å².